The van der Waals surface area contributed by atoms with Gasteiger partial charge in [0.05, 0.1) is 6.61 Å². The molecule has 0 saturated carbocycles. The Morgan fingerprint density at radius 2 is 0.642 bits per heavy atom. The van der Waals surface area contributed by atoms with Crippen molar-refractivity contribution in [1.82, 2.24) is 0 Å². The van der Waals surface area contributed by atoms with E-state index in [0.717, 1.165) is 109 Å². The van der Waals surface area contributed by atoms with Crippen molar-refractivity contribution in [3.63, 3.8) is 0 Å². The Labute approximate surface area is 413 Å². The first-order valence-corrected chi connectivity index (χ1v) is 27.2. The molecule has 0 rings (SSSR count). The molecule has 0 aliphatic carbocycles. The standard InChI is InChI=1S/C62H100O5/c1-3-5-7-9-11-13-15-17-19-20-21-22-23-24-25-26-27-28-29-30-31-32-33-34-35-36-37-38-39-40-41-42-43-45-47-49-51-53-55-57-62(65)67-60(58-63)59-66-61(64)56-54-52-50-48-46-44-18-16-14-12-10-8-6-4-2/h5,7,10-13,16-19,21-22,24-25,27-28,30-31,33-34,36-37,60,63H,3-4,6,8-9,14-15,20,23,26,29,32,35,38-59H2,1-2H3/b7-5-,12-10-,13-11-,18-16-,19-17-,22-21-,25-24-,28-27-,31-30-,34-33-,37-36-. The summed E-state index contributed by atoms with van der Waals surface area (Å²) in [7, 11) is 0. The first-order valence-electron chi connectivity index (χ1n) is 27.2. The van der Waals surface area contributed by atoms with Crippen LogP contribution < -0.4 is 0 Å². The van der Waals surface area contributed by atoms with Gasteiger partial charge in [-0.1, -0.05) is 237 Å². The lowest BCUT2D eigenvalue weighted by Gasteiger charge is -2.15. The highest BCUT2D eigenvalue weighted by Crippen LogP contribution is 2.14. The number of hydrogen-bond donors (Lipinski definition) is 1. The highest BCUT2D eigenvalue weighted by atomic mass is 16.6. The van der Waals surface area contributed by atoms with E-state index in [9.17, 15) is 14.7 Å². The number of ether oxygens (including phenoxy) is 2. The molecule has 67 heavy (non-hydrogen) atoms. The van der Waals surface area contributed by atoms with Crippen molar-refractivity contribution in [3.05, 3.63) is 134 Å². The fraction of sp³-hybridized carbons (Fsp3) is 0.613. The minimum atomic E-state index is -0.787. The number of aliphatic hydroxyl groups excluding tert-OH is 1. The lowest BCUT2D eigenvalue weighted by molar-refractivity contribution is -0.161. The molecule has 1 N–H and O–H groups in total. The highest BCUT2D eigenvalue weighted by molar-refractivity contribution is 5.70. The summed E-state index contributed by atoms with van der Waals surface area (Å²) >= 11 is 0. The second kappa shape index (κ2) is 56.4. The van der Waals surface area contributed by atoms with Crippen molar-refractivity contribution in [2.45, 2.75) is 232 Å². The third-order valence-corrected chi connectivity index (χ3v) is 11.2. The fourth-order valence-electron chi connectivity index (χ4n) is 7.09. The molecule has 0 aromatic rings. The number of carbonyl (C=O) groups is 2. The van der Waals surface area contributed by atoms with Gasteiger partial charge < -0.3 is 14.6 Å². The minimum absolute atomic E-state index is 0.0805. The zero-order chi connectivity index (χ0) is 48.5. The van der Waals surface area contributed by atoms with Crippen LogP contribution in [0.4, 0.5) is 0 Å². The summed E-state index contributed by atoms with van der Waals surface area (Å²) in [6, 6.07) is 0. The molecule has 0 saturated heterocycles. The number of allylic oxidation sites excluding steroid dienone is 22. The molecule has 0 amide bonds. The van der Waals surface area contributed by atoms with Gasteiger partial charge in [0, 0.05) is 12.8 Å². The molecular formula is C62H100O5. The van der Waals surface area contributed by atoms with Crippen LogP contribution in [0.2, 0.25) is 0 Å². The van der Waals surface area contributed by atoms with Gasteiger partial charge in [-0.15, -0.1) is 0 Å². The summed E-state index contributed by atoms with van der Waals surface area (Å²) in [5, 5.41) is 9.62. The Morgan fingerprint density at radius 3 is 0.970 bits per heavy atom. The van der Waals surface area contributed by atoms with Crippen LogP contribution in [0.1, 0.15) is 226 Å². The number of rotatable bonds is 48. The maximum atomic E-state index is 12.3. The fourth-order valence-corrected chi connectivity index (χ4v) is 7.09. The van der Waals surface area contributed by atoms with Crippen LogP contribution in [0.5, 0.6) is 0 Å². The van der Waals surface area contributed by atoms with Gasteiger partial charge in [-0.2, -0.15) is 0 Å². The third-order valence-electron chi connectivity index (χ3n) is 11.2. The molecule has 0 aromatic carbocycles. The van der Waals surface area contributed by atoms with E-state index in [1.807, 2.05) is 0 Å². The molecular weight excluding hydrogens is 825 g/mol. The van der Waals surface area contributed by atoms with Gasteiger partial charge in [-0.3, -0.25) is 9.59 Å². The van der Waals surface area contributed by atoms with Crippen molar-refractivity contribution < 1.29 is 24.2 Å². The van der Waals surface area contributed by atoms with Crippen LogP contribution >= 0.6 is 0 Å². The van der Waals surface area contributed by atoms with E-state index in [-0.39, 0.29) is 25.2 Å². The van der Waals surface area contributed by atoms with Gasteiger partial charge in [0.25, 0.3) is 0 Å². The van der Waals surface area contributed by atoms with Gasteiger partial charge in [0.15, 0.2) is 6.10 Å². The quantitative estimate of drug-likeness (QED) is 0.0374. The number of aliphatic hydroxyl groups is 1. The second-order valence-corrected chi connectivity index (χ2v) is 17.6. The maximum absolute atomic E-state index is 12.3. The van der Waals surface area contributed by atoms with E-state index < -0.39 is 6.10 Å². The Morgan fingerprint density at radius 1 is 0.358 bits per heavy atom. The van der Waals surface area contributed by atoms with Crippen LogP contribution in [-0.2, 0) is 19.1 Å². The molecule has 0 aromatic heterocycles. The monoisotopic (exact) mass is 925 g/mol. The van der Waals surface area contributed by atoms with Gasteiger partial charge in [0.2, 0.25) is 0 Å². The molecule has 0 fully saturated rings. The molecule has 0 aliphatic rings. The lowest BCUT2D eigenvalue weighted by atomic mass is 10.0. The molecule has 0 radical (unpaired) electrons. The SMILES string of the molecule is CC/C=C\C/C=C\C/C=C\C/C=C\C/C=C\C/C=C\C/C=C\C/C=C\C/C=C\CCCCCCCCCCCCCC(=O)OC(CO)COC(=O)CCCCCCC/C=C\C/C=C\CCCC. The molecule has 378 valence electrons. The number of hydrogen-bond acceptors (Lipinski definition) is 5. The van der Waals surface area contributed by atoms with Crippen molar-refractivity contribution in [2.24, 2.45) is 0 Å². The Hall–Kier alpha value is -3.96. The summed E-state index contributed by atoms with van der Waals surface area (Å²) in [6.07, 6.45) is 84.1. The number of unbranched alkanes of at least 4 members (excludes halogenated alkanes) is 18. The lowest BCUT2D eigenvalue weighted by Crippen LogP contribution is -2.28. The van der Waals surface area contributed by atoms with E-state index in [1.165, 1.54) is 89.9 Å². The molecule has 1 unspecified atom stereocenters. The number of carbonyl (C=O) groups excluding carboxylic acids is 2. The molecule has 0 bridgehead atoms. The zero-order valence-electron chi connectivity index (χ0n) is 43.1. The highest BCUT2D eigenvalue weighted by Gasteiger charge is 2.16. The summed E-state index contributed by atoms with van der Waals surface area (Å²) in [5.74, 6) is -0.617. The molecule has 5 heteroatoms. The summed E-state index contributed by atoms with van der Waals surface area (Å²) in [4.78, 5) is 24.4. The zero-order valence-corrected chi connectivity index (χ0v) is 43.1. The van der Waals surface area contributed by atoms with Crippen LogP contribution in [0, 0.1) is 0 Å². The first-order chi connectivity index (χ1) is 33.1. The van der Waals surface area contributed by atoms with E-state index >= 15 is 0 Å². The largest absolute Gasteiger partial charge is 0.462 e. The first kappa shape index (κ1) is 63.0. The van der Waals surface area contributed by atoms with Gasteiger partial charge in [0.1, 0.15) is 6.61 Å². The average molecular weight is 925 g/mol. The van der Waals surface area contributed by atoms with E-state index in [2.05, 4.69) is 148 Å². The van der Waals surface area contributed by atoms with Gasteiger partial charge in [-0.05, 0) is 109 Å². The average Bonchev–Trinajstić information content (AvgIpc) is 3.33. The van der Waals surface area contributed by atoms with Gasteiger partial charge >= 0.3 is 11.9 Å². The van der Waals surface area contributed by atoms with E-state index in [0.29, 0.717) is 12.8 Å². The summed E-state index contributed by atoms with van der Waals surface area (Å²) in [6.45, 7) is 3.96. The third kappa shape index (κ3) is 54.5. The van der Waals surface area contributed by atoms with Gasteiger partial charge in [-0.25, -0.2) is 0 Å². The van der Waals surface area contributed by atoms with Crippen molar-refractivity contribution >= 4 is 11.9 Å². The molecule has 1 atom stereocenters. The smallest absolute Gasteiger partial charge is 0.306 e. The topological polar surface area (TPSA) is 72.8 Å². The predicted octanol–water partition coefficient (Wildman–Crippen LogP) is 18.5. The van der Waals surface area contributed by atoms with Crippen molar-refractivity contribution in [1.29, 1.82) is 0 Å². The van der Waals surface area contributed by atoms with Crippen LogP contribution in [0.3, 0.4) is 0 Å². The Balaban J connectivity index is 3.58. The molecule has 0 aliphatic heterocycles. The molecule has 5 nitrogen and oxygen atoms in total. The Bertz CT molecular complexity index is 1420. The van der Waals surface area contributed by atoms with Crippen molar-refractivity contribution in [2.75, 3.05) is 13.2 Å². The maximum Gasteiger partial charge on any atom is 0.306 e. The van der Waals surface area contributed by atoms with Crippen LogP contribution in [-0.4, -0.2) is 36.4 Å². The minimum Gasteiger partial charge on any atom is -0.462 e. The summed E-state index contributed by atoms with van der Waals surface area (Å²) < 4.78 is 10.6. The number of esters is 2. The Kier molecular flexibility index (Phi) is 53.0. The molecule has 0 heterocycles. The predicted molar refractivity (Wildman–Crippen MR) is 292 cm³/mol. The van der Waals surface area contributed by atoms with Crippen LogP contribution in [0.25, 0.3) is 0 Å². The molecule has 0 spiro atoms. The van der Waals surface area contributed by atoms with Crippen molar-refractivity contribution in [3.8, 4) is 0 Å². The second-order valence-electron chi connectivity index (χ2n) is 17.6. The summed E-state index contributed by atoms with van der Waals surface area (Å²) in [5.41, 5.74) is 0. The van der Waals surface area contributed by atoms with E-state index in [4.69, 9.17) is 9.47 Å². The normalized spacial score (nSPS) is 13.3. The van der Waals surface area contributed by atoms with Crippen LogP contribution in [0.15, 0.2) is 134 Å². The van der Waals surface area contributed by atoms with E-state index in [1.54, 1.807) is 0 Å².